The summed E-state index contributed by atoms with van der Waals surface area (Å²) in [5.74, 6) is -1.98. The van der Waals surface area contributed by atoms with Crippen LogP contribution >= 0.6 is 67.8 Å². The van der Waals surface area contributed by atoms with Crippen LogP contribution in [0.3, 0.4) is 0 Å². The van der Waals surface area contributed by atoms with E-state index in [1.807, 2.05) is 67.8 Å². The highest BCUT2D eigenvalue weighted by atomic mass is 127. The Hall–Kier alpha value is -0.710. The fourth-order valence-electron chi connectivity index (χ4n) is 3.59. The average molecular weight is 782 g/mol. The van der Waals surface area contributed by atoms with Crippen molar-refractivity contribution in [2.24, 2.45) is 5.92 Å². The lowest BCUT2D eigenvalue weighted by Crippen LogP contribution is -2.37. The van der Waals surface area contributed by atoms with Crippen LogP contribution in [0.15, 0.2) is 0 Å². The first-order valence-corrected chi connectivity index (χ1v) is 13.4. The van der Waals surface area contributed by atoms with E-state index >= 15 is 0 Å². The molecule has 176 valence electrons. The number of benzene rings is 1. The second kappa shape index (κ2) is 12.7. The lowest BCUT2D eigenvalue weighted by atomic mass is 9.85. The molecule has 1 aromatic rings. The molecule has 0 bridgehead atoms. The van der Waals surface area contributed by atoms with Gasteiger partial charge < -0.3 is 20.1 Å². The van der Waals surface area contributed by atoms with Gasteiger partial charge in [0.25, 0.3) is 0 Å². The number of rotatable bonds is 7. The van der Waals surface area contributed by atoms with Gasteiger partial charge in [-0.3, -0.25) is 9.59 Å². The zero-order valence-electron chi connectivity index (χ0n) is 18.0. The first kappa shape index (κ1) is 27.5. The molecule has 1 aliphatic carbocycles. The SMILES string of the molecule is CCOC(=O)C(OC(=O)c1c(I)c(NC(C)=O)c(I)c(NC(C)=O)c1I)C1CCCCC1. The minimum absolute atomic E-state index is 0.101. The molecule has 0 aliphatic heterocycles. The molecule has 1 aliphatic rings. The van der Waals surface area contributed by atoms with Gasteiger partial charge in [-0.05, 0) is 87.5 Å². The molecule has 2 N–H and O–H groups in total. The van der Waals surface area contributed by atoms with Crippen molar-refractivity contribution in [3.05, 3.63) is 16.3 Å². The van der Waals surface area contributed by atoms with Gasteiger partial charge in [0.2, 0.25) is 17.9 Å². The first-order chi connectivity index (χ1) is 15.1. The maximum Gasteiger partial charge on any atom is 0.347 e. The maximum absolute atomic E-state index is 13.4. The molecule has 0 aromatic heterocycles. The van der Waals surface area contributed by atoms with E-state index in [1.54, 1.807) is 6.92 Å². The normalized spacial score (nSPS) is 14.9. The fourth-order valence-corrected chi connectivity index (χ4v) is 7.73. The van der Waals surface area contributed by atoms with Crippen molar-refractivity contribution in [3.63, 3.8) is 0 Å². The zero-order chi connectivity index (χ0) is 24.0. The predicted octanol–water partition coefficient (Wildman–Crippen LogP) is 5.09. The number of hydrogen-bond donors (Lipinski definition) is 2. The molecule has 8 nitrogen and oxygen atoms in total. The summed E-state index contributed by atoms with van der Waals surface area (Å²) in [6, 6.07) is 0. The minimum Gasteiger partial charge on any atom is -0.463 e. The first-order valence-electron chi connectivity index (χ1n) is 10.2. The summed E-state index contributed by atoms with van der Waals surface area (Å²) in [7, 11) is 0. The van der Waals surface area contributed by atoms with E-state index in [0.29, 0.717) is 22.1 Å². The molecule has 1 atom stereocenters. The summed E-state index contributed by atoms with van der Waals surface area (Å²) in [6.07, 6.45) is 3.60. The fraction of sp³-hybridized carbons (Fsp3) is 0.524. The van der Waals surface area contributed by atoms with Crippen LogP contribution in [-0.4, -0.2) is 36.5 Å². The van der Waals surface area contributed by atoms with Gasteiger partial charge in [0.15, 0.2) is 0 Å². The molecule has 1 aromatic carbocycles. The highest BCUT2D eigenvalue weighted by molar-refractivity contribution is 14.1. The molecule has 0 saturated heterocycles. The van der Waals surface area contributed by atoms with Crippen LogP contribution in [0.5, 0.6) is 0 Å². The molecule has 1 saturated carbocycles. The lowest BCUT2D eigenvalue weighted by Gasteiger charge is -2.29. The second-order valence-electron chi connectivity index (χ2n) is 7.41. The smallest absolute Gasteiger partial charge is 0.347 e. The third kappa shape index (κ3) is 6.90. The van der Waals surface area contributed by atoms with Crippen molar-refractivity contribution < 1.29 is 28.7 Å². The highest BCUT2D eigenvalue weighted by Crippen LogP contribution is 2.40. The van der Waals surface area contributed by atoms with Gasteiger partial charge in [-0.1, -0.05) is 19.3 Å². The van der Waals surface area contributed by atoms with Crippen LogP contribution in [0.2, 0.25) is 0 Å². The quantitative estimate of drug-likeness (QED) is 0.295. The Morgan fingerprint density at radius 2 is 1.41 bits per heavy atom. The second-order valence-corrected chi connectivity index (χ2v) is 10.6. The Labute approximate surface area is 228 Å². The lowest BCUT2D eigenvalue weighted by molar-refractivity contribution is -0.157. The number of carbonyl (C=O) groups is 4. The van der Waals surface area contributed by atoms with E-state index in [9.17, 15) is 19.2 Å². The van der Waals surface area contributed by atoms with Crippen LogP contribution in [-0.2, 0) is 23.9 Å². The summed E-state index contributed by atoms with van der Waals surface area (Å²) in [6.45, 7) is 4.62. The van der Waals surface area contributed by atoms with Gasteiger partial charge in [0.1, 0.15) is 0 Å². The third-order valence-corrected chi connectivity index (χ3v) is 8.19. The standard InChI is InChI=1S/C21H25I3N2O6/c1-4-31-21(30)19(12-8-6-5-7-9-12)32-20(29)13-14(22)17(25-10(2)27)16(24)18(15(13)23)26-11(3)28/h12,19H,4-9H2,1-3H3,(H,25,27)(H,26,28). The summed E-state index contributed by atoms with van der Waals surface area (Å²) in [5, 5.41) is 5.46. The Balaban J connectivity index is 2.52. The van der Waals surface area contributed by atoms with Gasteiger partial charge in [0, 0.05) is 19.8 Å². The number of carbonyl (C=O) groups excluding carboxylic acids is 4. The number of amides is 2. The number of esters is 2. The van der Waals surface area contributed by atoms with Gasteiger partial charge in [-0.15, -0.1) is 0 Å². The molecule has 32 heavy (non-hydrogen) atoms. The number of nitrogens with one attached hydrogen (secondary N) is 2. The Morgan fingerprint density at radius 3 is 1.84 bits per heavy atom. The Morgan fingerprint density at radius 1 is 0.906 bits per heavy atom. The van der Waals surface area contributed by atoms with Gasteiger partial charge in [-0.25, -0.2) is 9.59 Å². The molecule has 2 rings (SSSR count). The number of ether oxygens (including phenoxy) is 2. The molecule has 0 radical (unpaired) electrons. The van der Waals surface area contributed by atoms with Crippen LogP contribution in [0.4, 0.5) is 11.4 Å². The highest BCUT2D eigenvalue weighted by Gasteiger charge is 2.36. The maximum atomic E-state index is 13.4. The van der Waals surface area contributed by atoms with E-state index in [4.69, 9.17) is 9.47 Å². The van der Waals surface area contributed by atoms with Gasteiger partial charge in [-0.2, -0.15) is 0 Å². The Kier molecular flexibility index (Phi) is 10.9. The minimum atomic E-state index is -0.998. The molecular formula is C21H25I3N2O6. The van der Waals surface area contributed by atoms with Crippen molar-refractivity contribution in [2.75, 3.05) is 17.2 Å². The van der Waals surface area contributed by atoms with Crippen molar-refractivity contribution in [3.8, 4) is 0 Å². The zero-order valence-corrected chi connectivity index (χ0v) is 24.5. The van der Waals surface area contributed by atoms with Crippen molar-refractivity contribution in [1.29, 1.82) is 0 Å². The van der Waals surface area contributed by atoms with E-state index in [2.05, 4.69) is 10.6 Å². The molecule has 0 spiro atoms. The molecule has 11 heteroatoms. The summed E-state index contributed by atoms with van der Waals surface area (Å²) >= 11 is 5.96. The van der Waals surface area contributed by atoms with E-state index in [0.717, 1.165) is 32.1 Å². The summed E-state index contributed by atoms with van der Waals surface area (Å²) < 4.78 is 12.5. The van der Waals surface area contributed by atoms with Crippen molar-refractivity contribution >= 4 is 103 Å². The van der Waals surface area contributed by atoms with Crippen LogP contribution in [0.25, 0.3) is 0 Å². The molecular weight excluding hydrogens is 757 g/mol. The van der Waals surface area contributed by atoms with Crippen LogP contribution in [0, 0.1) is 16.6 Å². The van der Waals surface area contributed by atoms with E-state index in [-0.39, 0.29) is 29.9 Å². The molecule has 1 unspecified atom stereocenters. The average Bonchev–Trinajstić information content (AvgIpc) is 2.73. The van der Waals surface area contributed by atoms with Gasteiger partial charge in [0.05, 0.1) is 34.3 Å². The third-order valence-electron chi connectivity index (χ3n) is 4.95. The van der Waals surface area contributed by atoms with Crippen LogP contribution in [0.1, 0.15) is 63.2 Å². The number of anilines is 2. The van der Waals surface area contributed by atoms with Crippen molar-refractivity contribution in [1.82, 2.24) is 0 Å². The topological polar surface area (TPSA) is 111 Å². The van der Waals surface area contributed by atoms with E-state index in [1.165, 1.54) is 13.8 Å². The number of hydrogen-bond acceptors (Lipinski definition) is 6. The van der Waals surface area contributed by atoms with Crippen molar-refractivity contribution in [2.45, 2.75) is 59.0 Å². The number of halogens is 3. The molecule has 2 amide bonds. The largest absolute Gasteiger partial charge is 0.463 e. The molecule has 1 fully saturated rings. The summed E-state index contributed by atoms with van der Waals surface area (Å²) in [5.41, 5.74) is 0.990. The monoisotopic (exact) mass is 782 g/mol. The van der Waals surface area contributed by atoms with Crippen LogP contribution < -0.4 is 10.6 Å². The van der Waals surface area contributed by atoms with E-state index < -0.39 is 18.0 Å². The van der Waals surface area contributed by atoms with Gasteiger partial charge >= 0.3 is 11.9 Å². The summed E-state index contributed by atoms with van der Waals surface area (Å²) in [4.78, 5) is 49.6. The predicted molar refractivity (Wildman–Crippen MR) is 146 cm³/mol. The Bertz CT molecular complexity index is 872. The molecule has 0 heterocycles.